The van der Waals surface area contributed by atoms with Crippen molar-refractivity contribution < 1.29 is 4.74 Å². The molecule has 1 heterocycles. The third-order valence-electron chi connectivity index (χ3n) is 5.08. The van der Waals surface area contributed by atoms with Gasteiger partial charge in [-0.2, -0.15) is 0 Å². The molecule has 2 aromatic rings. The fraction of sp³-hybridized carbons (Fsp3) is 0.333. The molecule has 4 nitrogen and oxygen atoms in total. The highest BCUT2D eigenvalue weighted by molar-refractivity contribution is 5.53. The van der Waals surface area contributed by atoms with Crippen LogP contribution in [0.1, 0.15) is 30.4 Å². The van der Waals surface area contributed by atoms with E-state index in [1.54, 1.807) is 0 Å². The molecule has 0 spiro atoms. The van der Waals surface area contributed by atoms with E-state index in [1.807, 2.05) is 18.2 Å². The van der Waals surface area contributed by atoms with Gasteiger partial charge in [0.25, 0.3) is 0 Å². The lowest BCUT2D eigenvalue weighted by atomic mass is 9.92. The molecule has 0 aromatic heterocycles. The Balaban J connectivity index is 1.39. The minimum absolute atomic E-state index is 0.557. The third kappa shape index (κ3) is 3.64. The van der Waals surface area contributed by atoms with Gasteiger partial charge in [-0.15, -0.1) is 0 Å². The van der Waals surface area contributed by atoms with Gasteiger partial charge < -0.3 is 20.3 Å². The Morgan fingerprint density at radius 1 is 1.00 bits per heavy atom. The Hall–Kier alpha value is -2.46. The van der Waals surface area contributed by atoms with E-state index >= 15 is 0 Å². The fourth-order valence-electron chi connectivity index (χ4n) is 3.32. The largest absolute Gasteiger partial charge is 0.489 e. The first-order chi connectivity index (χ1) is 12.3. The van der Waals surface area contributed by atoms with E-state index in [0.717, 1.165) is 29.6 Å². The van der Waals surface area contributed by atoms with Crippen LogP contribution in [0.3, 0.4) is 0 Å². The second-order valence-electron chi connectivity index (χ2n) is 6.82. The first-order valence-corrected chi connectivity index (χ1v) is 9.03. The normalized spacial score (nSPS) is 17.0. The van der Waals surface area contributed by atoms with Gasteiger partial charge in [0.2, 0.25) is 0 Å². The maximum Gasteiger partial charge on any atom is 0.121 e. The zero-order chi connectivity index (χ0) is 17.1. The van der Waals surface area contributed by atoms with Crippen molar-refractivity contribution >= 4 is 5.69 Å². The Kier molecular flexibility index (Phi) is 4.61. The lowest BCUT2D eigenvalue weighted by Gasteiger charge is -2.35. The van der Waals surface area contributed by atoms with E-state index in [-0.39, 0.29) is 0 Å². The molecule has 2 aromatic carbocycles. The van der Waals surface area contributed by atoms with E-state index in [2.05, 4.69) is 52.5 Å². The summed E-state index contributed by atoms with van der Waals surface area (Å²) >= 11 is 0. The topological polar surface area (TPSA) is 41.7 Å². The van der Waals surface area contributed by atoms with Crippen molar-refractivity contribution in [1.29, 1.82) is 0 Å². The lowest BCUT2D eigenvalue weighted by molar-refractivity contribution is 0.197. The molecule has 0 saturated heterocycles. The SMILES string of the molecule is NCc1cccc(COc2cccc(N3C=CN(C4CCC4)C3)c2)c1. The van der Waals surface area contributed by atoms with Crippen LogP contribution in [-0.4, -0.2) is 17.6 Å². The molecule has 0 unspecified atom stereocenters. The molecule has 1 saturated carbocycles. The molecule has 1 fully saturated rings. The van der Waals surface area contributed by atoms with Gasteiger partial charge in [0.1, 0.15) is 12.4 Å². The van der Waals surface area contributed by atoms with Gasteiger partial charge in [-0.05, 0) is 42.5 Å². The zero-order valence-corrected chi connectivity index (χ0v) is 14.5. The minimum Gasteiger partial charge on any atom is -0.489 e. The zero-order valence-electron chi connectivity index (χ0n) is 14.5. The second kappa shape index (κ2) is 7.19. The molecule has 2 aliphatic rings. The molecule has 2 N–H and O–H groups in total. The lowest BCUT2D eigenvalue weighted by Crippen LogP contribution is -2.38. The summed E-state index contributed by atoms with van der Waals surface area (Å²) < 4.78 is 5.99. The van der Waals surface area contributed by atoms with Crippen LogP contribution >= 0.6 is 0 Å². The Bertz CT molecular complexity index is 754. The van der Waals surface area contributed by atoms with E-state index < -0.39 is 0 Å². The van der Waals surface area contributed by atoms with Crippen LogP contribution < -0.4 is 15.4 Å². The highest BCUT2D eigenvalue weighted by atomic mass is 16.5. The number of hydrogen-bond acceptors (Lipinski definition) is 4. The van der Waals surface area contributed by atoms with Crippen LogP contribution in [0.4, 0.5) is 5.69 Å². The quantitative estimate of drug-likeness (QED) is 0.871. The van der Waals surface area contributed by atoms with Crippen molar-refractivity contribution in [3.63, 3.8) is 0 Å². The molecule has 0 bridgehead atoms. The molecular weight excluding hydrogens is 310 g/mol. The van der Waals surface area contributed by atoms with Gasteiger partial charge in [0.15, 0.2) is 0 Å². The monoisotopic (exact) mass is 335 g/mol. The van der Waals surface area contributed by atoms with Crippen LogP contribution in [0, 0.1) is 0 Å². The number of anilines is 1. The first kappa shape index (κ1) is 16.0. The second-order valence-corrected chi connectivity index (χ2v) is 6.82. The summed E-state index contributed by atoms with van der Waals surface area (Å²) in [5.74, 6) is 0.895. The smallest absolute Gasteiger partial charge is 0.121 e. The molecule has 1 aliphatic heterocycles. The van der Waals surface area contributed by atoms with E-state index in [9.17, 15) is 0 Å². The molecule has 130 valence electrons. The average molecular weight is 335 g/mol. The number of hydrogen-bond donors (Lipinski definition) is 1. The summed E-state index contributed by atoms with van der Waals surface area (Å²) in [6, 6.07) is 17.3. The van der Waals surface area contributed by atoms with Crippen molar-refractivity contribution in [2.45, 2.75) is 38.5 Å². The van der Waals surface area contributed by atoms with Gasteiger partial charge in [-0.3, -0.25) is 0 Å². The number of rotatable bonds is 6. The summed E-state index contributed by atoms with van der Waals surface area (Å²) in [5, 5.41) is 0. The van der Waals surface area contributed by atoms with Crippen molar-refractivity contribution in [3.8, 4) is 5.75 Å². The highest BCUT2D eigenvalue weighted by Gasteiger charge is 2.26. The molecule has 0 atom stereocenters. The standard InChI is InChI=1S/C21H25N3O/c22-14-17-4-1-5-18(12-17)15-25-21-9-3-8-20(13-21)24-11-10-23(16-24)19-6-2-7-19/h1,3-5,8-13,19H,2,6-7,14-16,22H2. The Morgan fingerprint density at radius 2 is 1.84 bits per heavy atom. The van der Waals surface area contributed by atoms with Gasteiger partial charge in [0, 0.05) is 36.7 Å². The van der Waals surface area contributed by atoms with E-state index in [4.69, 9.17) is 10.5 Å². The fourth-order valence-corrected chi connectivity index (χ4v) is 3.32. The molecule has 4 rings (SSSR count). The molecule has 1 aliphatic carbocycles. The molecule has 4 heteroatoms. The summed E-state index contributed by atoms with van der Waals surface area (Å²) in [7, 11) is 0. The molecular formula is C21H25N3O. The maximum absolute atomic E-state index is 5.99. The van der Waals surface area contributed by atoms with E-state index in [0.29, 0.717) is 13.2 Å². The van der Waals surface area contributed by atoms with Crippen molar-refractivity contribution in [3.05, 3.63) is 72.1 Å². The number of ether oxygens (including phenoxy) is 1. The molecule has 0 radical (unpaired) electrons. The van der Waals surface area contributed by atoms with Crippen molar-refractivity contribution in [2.75, 3.05) is 11.6 Å². The highest BCUT2D eigenvalue weighted by Crippen LogP contribution is 2.30. The van der Waals surface area contributed by atoms with Gasteiger partial charge in [0.05, 0.1) is 6.67 Å². The summed E-state index contributed by atoms with van der Waals surface area (Å²) in [6.07, 6.45) is 8.40. The minimum atomic E-state index is 0.557. The van der Waals surface area contributed by atoms with Crippen LogP contribution in [0.5, 0.6) is 5.75 Å². The Labute approximate surface area is 149 Å². The van der Waals surface area contributed by atoms with Crippen LogP contribution in [-0.2, 0) is 13.2 Å². The van der Waals surface area contributed by atoms with Crippen LogP contribution in [0.2, 0.25) is 0 Å². The van der Waals surface area contributed by atoms with Crippen molar-refractivity contribution in [1.82, 2.24) is 4.90 Å². The van der Waals surface area contributed by atoms with Crippen LogP contribution in [0.15, 0.2) is 60.9 Å². The van der Waals surface area contributed by atoms with Gasteiger partial charge in [-0.1, -0.05) is 30.3 Å². The van der Waals surface area contributed by atoms with E-state index in [1.165, 1.54) is 24.9 Å². The van der Waals surface area contributed by atoms with Gasteiger partial charge >= 0.3 is 0 Å². The molecule has 0 amide bonds. The number of nitrogens with zero attached hydrogens (tertiary/aromatic N) is 2. The van der Waals surface area contributed by atoms with Crippen LogP contribution in [0.25, 0.3) is 0 Å². The predicted octanol–water partition coefficient (Wildman–Crippen LogP) is 3.83. The summed E-state index contributed by atoms with van der Waals surface area (Å²) in [4.78, 5) is 4.72. The maximum atomic E-state index is 5.99. The summed E-state index contributed by atoms with van der Waals surface area (Å²) in [5.41, 5.74) is 9.15. The number of nitrogens with two attached hydrogens (primary N) is 1. The van der Waals surface area contributed by atoms with Crippen molar-refractivity contribution in [2.24, 2.45) is 5.73 Å². The average Bonchev–Trinajstić information content (AvgIpc) is 3.08. The number of benzene rings is 2. The first-order valence-electron chi connectivity index (χ1n) is 9.03. The van der Waals surface area contributed by atoms with Gasteiger partial charge in [-0.25, -0.2) is 0 Å². The third-order valence-corrected chi connectivity index (χ3v) is 5.08. The summed E-state index contributed by atoms with van der Waals surface area (Å²) in [6.45, 7) is 2.05. The Morgan fingerprint density at radius 3 is 2.64 bits per heavy atom. The predicted molar refractivity (Wildman–Crippen MR) is 101 cm³/mol. The molecule has 25 heavy (non-hydrogen) atoms.